The summed E-state index contributed by atoms with van der Waals surface area (Å²) in [6.07, 6.45) is 3.23. The van der Waals surface area contributed by atoms with Gasteiger partial charge in [0.1, 0.15) is 17.9 Å². The Balaban J connectivity index is 1.63. The first kappa shape index (κ1) is 17.5. The van der Waals surface area contributed by atoms with E-state index in [0.29, 0.717) is 11.5 Å². The Labute approximate surface area is 161 Å². The third-order valence-electron chi connectivity index (χ3n) is 4.15. The van der Waals surface area contributed by atoms with E-state index in [1.165, 1.54) is 13.3 Å². The minimum absolute atomic E-state index is 0.107. The van der Waals surface area contributed by atoms with E-state index in [0.717, 1.165) is 28.2 Å². The van der Waals surface area contributed by atoms with Crippen LogP contribution in [-0.2, 0) is 4.79 Å². The van der Waals surface area contributed by atoms with Gasteiger partial charge in [0.15, 0.2) is 5.65 Å². The van der Waals surface area contributed by atoms with E-state index in [4.69, 9.17) is 4.74 Å². The molecule has 0 fully saturated rings. The molecule has 0 aliphatic heterocycles. The molecular weight excluding hydrogens is 356 g/mol. The van der Waals surface area contributed by atoms with Crippen molar-refractivity contribution < 1.29 is 9.53 Å². The number of hydrogen-bond donors (Lipinski definition) is 2. The summed E-state index contributed by atoms with van der Waals surface area (Å²) in [5.41, 5.74) is 3.14. The summed E-state index contributed by atoms with van der Waals surface area (Å²) in [4.78, 5) is 19.9. The minimum atomic E-state index is -0.107. The molecule has 140 valence electrons. The Hall–Kier alpha value is -3.94. The Morgan fingerprint density at radius 1 is 1.00 bits per heavy atom. The number of anilines is 3. The highest BCUT2D eigenvalue weighted by Crippen LogP contribution is 2.25. The fraction of sp³-hybridized carbons (Fsp3) is 0.100. The fourth-order valence-electron chi connectivity index (χ4n) is 2.83. The Morgan fingerprint density at radius 2 is 1.71 bits per heavy atom. The maximum Gasteiger partial charge on any atom is 0.221 e. The molecule has 0 spiro atoms. The van der Waals surface area contributed by atoms with Gasteiger partial charge >= 0.3 is 0 Å². The van der Waals surface area contributed by atoms with E-state index in [1.807, 2.05) is 48.5 Å². The molecule has 0 atom stereocenters. The second-order valence-corrected chi connectivity index (χ2v) is 6.10. The zero-order chi connectivity index (χ0) is 19.5. The lowest BCUT2D eigenvalue weighted by Crippen LogP contribution is -2.05. The summed E-state index contributed by atoms with van der Waals surface area (Å²) in [5.74, 6) is 1.32. The van der Waals surface area contributed by atoms with Crippen LogP contribution in [0.25, 0.3) is 16.7 Å². The summed E-state index contributed by atoms with van der Waals surface area (Å²) in [5, 5.41) is 11.3. The summed E-state index contributed by atoms with van der Waals surface area (Å²) in [6, 6.07) is 15.0. The first-order valence-electron chi connectivity index (χ1n) is 8.62. The van der Waals surface area contributed by atoms with Crippen molar-refractivity contribution >= 4 is 34.1 Å². The van der Waals surface area contributed by atoms with Crippen LogP contribution in [0, 0.1) is 0 Å². The van der Waals surface area contributed by atoms with Gasteiger partial charge in [0.25, 0.3) is 0 Å². The minimum Gasteiger partial charge on any atom is -0.497 e. The van der Waals surface area contributed by atoms with Gasteiger partial charge < -0.3 is 15.4 Å². The van der Waals surface area contributed by atoms with Crippen molar-refractivity contribution in [2.75, 3.05) is 17.7 Å². The molecule has 0 saturated heterocycles. The molecule has 2 aromatic carbocycles. The predicted octanol–water partition coefficient (Wildman–Crippen LogP) is 3.53. The highest BCUT2D eigenvalue weighted by atomic mass is 16.5. The van der Waals surface area contributed by atoms with E-state index >= 15 is 0 Å². The Bertz CT molecular complexity index is 1120. The number of fused-ring (bicyclic) bond motifs is 1. The number of amides is 1. The molecule has 1 amide bonds. The van der Waals surface area contributed by atoms with Crippen molar-refractivity contribution in [2.45, 2.75) is 6.92 Å². The summed E-state index contributed by atoms with van der Waals surface area (Å²) >= 11 is 0. The van der Waals surface area contributed by atoms with Gasteiger partial charge in [0.2, 0.25) is 5.91 Å². The van der Waals surface area contributed by atoms with Crippen LogP contribution in [0.3, 0.4) is 0 Å². The van der Waals surface area contributed by atoms with Crippen LogP contribution in [0.5, 0.6) is 5.75 Å². The molecule has 2 N–H and O–H groups in total. The molecule has 0 bridgehead atoms. The third-order valence-corrected chi connectivity index (χ3v) is 4.15. The molecule has 8 heteroatoms. The molecule has 0 aliphatic rings. The number of carbonyl (C=O) groups excluding carboxylic acids is 1. The van der Waals surface area contributed by atoms with E-state index in [1.54, 1.807) is 18.0 Å². The molecule has 2 heterocycles. The van der Waals surface area contributed by atoms with Crippen molar-refractivity contribution in [3.05, 3.63) is 61.1 Å². The van der Waals surface area contributed by atoms with E-state index in [9.17, 15) is 4.79 Å². The fourth-order valence-corrected chi connectivity index (χ4v) is 2.83. The van der Waals surface area contributed by atoms with E-state index in [2.05, 4.69) is 25.7 Å². The van der Waals surface area contributed by atoms with Crippen LogP contribution in [0.15, 0.2) is 61.1 Å². The average molecular weight is 374 g/mol. The highest BCUT2D eigenvalue weighted by molar-refractivity contribution is 5.90. The number of ether oxygens (including phenoxy) is 1. The average Bonchev–Trinajstić information content (AvgIpc) is 3.14. The van der Waals surface area contributed by atoms with Crippen molar-refractivity contribution in [1.82, 2.24) is 19.7 Å². The molecule has 0 aliphatic carbocycles. The largest absolute Gasteiger partial charge is 0.497 e. The first-order valence-corrected chi connectivity index (χ1v) is 8.62. The molecule has 8 nitrogen and oxygen atoms in total. The quantitative estimate of drug-likeness (QED) is 0.555. The number of methoxy groups -OCH3 is 1. The molecule has 0 saturated carbocycles. The van der Waals surface area contributed by atoms with Gasteiger partial charge in [-0.05, 0) is 48.5 Å². The first-order chi connectivity index (χ1) is 13.6. The Morgan fingerprint density at radius 3 is 2.39 bits per heavy atom. The van der Waals surface area contributed by atoms with Crippen LogP contribution in [0.4, 0.5) is 17.2 Å². The maximum absolute atomic E-state index is 11.1. The molecule has 4 aromatic rings. The van der Waals surface area contributed by atoms with Crippen molar-refractivity contribution in [1.29, 1.82) is 0 Å². The number of carbonyl (C=O) groups is 1. The number of nitrogens with one attached hydrogen (secondary N) is 2. The lowest BCUT2D eigenvalue weighted by molar-refractivity contribution is -0.114. The summed E-state index contributed by atoms with van der Waals surface area (Å²) in [7, 11) is 1.63. The van der Waals surface area contributed by atoms with Gasteiger partial charge in [-0.15, -0.1) is 0 Å². The van der Waals surface area contributed by atoms with Crippen molar-refractivity contribution in [2.24, 2.45) is 0 Å². The van der Waals surface area contributed by atoms with Crippen LogP contribution >= 0.6 is 0 Å². The topological polar surface area (TPSA) is 94.0 Å². The van der Waals surface area contributed by atoms with Gasteiger partial charge in [-0.1, -0.05) is 0 Å². The van der Waals surface area contributed by atoms with Gasteiger partial charge in [0.05, 0.1) is 24.4 Å². The molecule has 28 heavy (non-hydrogen) atoms. The van der Waals surface area contributed by atoms with Gasteiger partial charge in [-0.3, -0.25) is 4.79 Å². The van der Waals surface area contributed by atoms with Crippen LogP contribution < -0.4 is 15.4 Å². The monoisotopic (exact) mass is 374 g/mol. The number of benzene rings is 2. The summed E-state index contributed by atoms with van der Waals surface area (Å²) in [6.45, 7) is 1.48. The lowest BCUT2D eigenvalue weighted by atomic mass is 10.2. The summed E-state index contributed by atoms with van der Waals surface area (Å²) < 4.78 is 6.95. The number of aromatic nitrogens is 4. The van der Waals surface area contributed by atoms with Crippen LogP contribution in [-0.4, -0.2) is 32.8 Å². The molecule has 0 unspecified atom stereocenters. The van der Waals surface area contributed by atoms with Gasteiger partial charge in [0, 0.05) is 18.3 Å². The number of hydrogen-bond acceptors (Lipinski definition) is 6. The smallest absolute Gasteiger partial charge is 0.221 e. The van der Waals surface area contributed by atoms with Crippen LogP contribution in [0.1, 0.15) is 6.92 Å². The third kappa shape index (κ3) is 3.48. The molecule has 4 rings (SSSR count). The number of nitrogens with zero attached hydrogens (tertiary/aromatic N) is 4. The zero-order valence-electron chi connectivity index (χ0n) is 15.4. The lowest BCUT2D eigenvalue weighted by Gasteiger charge is -2.08. The maximum atomic E-state index is 11.1. The zero-order valence-corrected chi connectivity index (χ0v) is 15.4. The normalized spacial score (nSPS) is 10.6. The Kier molecular flexibility index (Phi) is 4.59. The molecule has 2 aromatic heterocycles. The molecular formula is C20H18N6O2. The second kappa shape index (κ2) is 7.36. The van der Waals surface area contributed by atoms with Crippen molar-refractivity contribution in [3.8, 4) is 11.4 Å². The highest BCUT2D eigenvalue weighted by Gasteiger charge is 2.11. The van der Waals surface area contributed by atoms with E-state index in [-0.39, 0.29) is 5.91 Å². The predicted molar refractivity (Wildman–Crippen MR) is 107 cm³/mol. The standard InChI is InChI=1S/C20H18N6O2/c1-13(27)24-14-3-5-15(6-4-14)25-19-18-11-23-26(20(18)22-12-21-19)16-7-9-17(28-2)10-8-16/h3-12H,1-2H3,(H,24,27)(H,21,22,25). The second-order valence-electron chi connectivity index (χ2n) is 6.10. The van der Waals surface area contributed by atoms with Gasteiger partial charge in [-0.2, -0.15) is 5.10 Å². The number of rotatable bonds is 5. The van der Waals surface area contributed by atoms with Crippen molar-refractivity contribution in [3.63, 3.8) is 0 Å². The SMILES string of the molecule is COc1ccc(-n2ncc3c(Nc4ccc(NC(C)=O)cc4)ncnc32)cc1. The van der Waals surface area contributed by atoms with Gasteiger partial charge in [-0.25, -0.2) is 14.6 Å². The van der Waals surface area contributed by atoms with E-state index < -0.39 is 0 Å². The molecule has 0 radical (unpaired) electrons. The van der Waals surface area contributed by atoms with Crippen LogP contribution in [0.2, 0.25) is 0 Å².